The topological polar surface area (TPSA) is 37.6 Å². The van der Waals surface area contributed by atoms with Gasteiger partial charge < -0.3 is 14.5 Å². The van der Waals surface area contributed by atoms with E-state index in [-0.39, 0.29) is 0 Å². The molecule has 0 radical (unpaired) electrons. The zero-order chi connectivity index (χ0) is 13.0. The van der Waals surface area contributed by atoms with Crippen molar-refractivity contribution in [3.8, 4) is 0 Å². The minimum Gasteiger partial charge on any atom is -0.469 e. The Balaban J connectivity index is 1.80. The van der Waals surface area contributed by atoms with E-state index in [1.54, 1.807) is 6.26 Å². The van der Waals surface area contributed by atoms with Gasteiger partial charge in [0, 0.05) is 30.7 Å². The van der Waals surface area contributed by atoms with E-state index < -0.39 is 0 Å². The van der Waals surface area contributed by atoms with Crippen LogP contribution in [-0.2, 0) is 11.3 Å². The molecule has 1 aliphatic rings. The molecule has 2 unspecified atom stereocenters. The Bertz CT molecular complexity index is 358. The van der Waals surface area contributed by atoms with Crippen molar-refractivity contribution in [1.29, 1.82) is 0 Å². The van der Waals surface area contributed by atoms with E-state index in [0.29, 0.717) is 12.1 Å². The van der Waals surface area contributed by atoms with Crippen molar-refractivity contribution in [2.75, 3.05) is 26.8 Å². The van der Waals surface area contributed by atoms with Crippen molar-refractivity contribution in [2.24, 2.45) is 0 Å². The van der Waals surface area contributed by atoms with Crippen LogP contribution in [0.2, 0.25) is 0 Å². The van der Waals surface area contributed by atoms with E-state index >= 15 is 0 Å². The summed E-state index contributed by atoms with van der Waals surface area (Å²) >= 11 is 0. The van der Waals surface area contributed by atoms with Gasteiger partial charge in [0.1, 0.15) is 5.76 Å². The van der Waals surface area contributed by atoms with Crippen LogP contribution in [0.5, 0.6) is 0 Å². The largest absolute Gasteiger partial charge is 0.469 e. The maximum atomic E-state index is 5.49. The molecule has 0 saturated carbocycles. The lowest BCUT2D eigenvalue weighted by molar-refractivity contribution is 0.0638. The van der Waals surface area contributed by atoms with Crippen LogP contribution >= 0.6 is 0 Å². The smallest absolute Gasteiger partial charge is 0.105 e. The summed E-state index contributed by atoms with van der Waals surface area (Å²) in [6.07, 6.45) is 2.88. The molecule has 0 bridgehead atoms. The second-order valence-electron chi connectivity index (χ2n) is 5.23. The number of nitrogens with zero attached hydrogens (tertiary/aromatic N) is 1. The number of morpholine rings is 1. The third kappa shape index (κ3) is 3.57. The fourth-order valence-electron chi connectivity index (χ4n) is 2.36. The third-order valence-electron chi connectivity index (χ3n) is 3.76. The fraction of sp³-hybridized carbons (Fsp3) is 0.714. The average molecular weight is 252 g/mol. The molecule has 102 valence electrons. The van der Waals surface area contributed by atoms with Gasteiger partial charge in [0.15, 0.2) is 0 Å². The van der Waals surface area contributed by atoms with Crippen LogP contribution in [0.15, 0.2) is 16.7 Å². The quantitative estimate of drug-likeness (QED) is 0.867. The normalized spacial score (nSPS) is 22.3. The van der Waals surface area contributed by atoms with Crippen LogP contribution in [0.1, 0.15) is 24.7 Å². The Kier molecular flexibility index (Phi) is 4.80. The lowest BCUT2D eigenvalue weighted by Crippen LogP contribution is -2.45. The molecule has 1 aromatic heterocycles. The predicted octanol–water partition coefficient (Wildman–Crippen LogP) is 1.79. The number of hydrogen-bond acceptors (Lipinski definition) is 4. The molecule has 4 heteroatoms. The van der Waals surface area contributed by atoms with Crippen LogP contribution < -0.4 is 5.32 Å². The highest BCUT2D eigenvalue weighted by Crippen LogP contribution is 2.15. The second kappa shape index (κ2) is 6.36. The highest BCUT2D eigenvalue weighted by atomic mass is 16.5. The van der Waals surface area contributed by atoms with Gasteiger partial charge in [-0.3, -0.25) is 4.90 Å². The van der Waals surface area contributed by atoms with Crippen LogP contribution in [0, 0.1) is 6.92 Å². The zero-order valence-corrected chi connectivity index (χ0v) is 11.6. The summed E-state index contributed by atoms with van der Waals surface area (Å²) in [6.45, 7) is 7.88. The molecule has 0 aromatic carbocycles. The van der Waals surface area contributed by atoms with Crippen LogP contribution in [0.25, 0.3) is 0 Å². The Morgan fingerprint density at radius 3 is 3.00 bits per heavy atom. The summed E-state index contributed by atoms with van der Waals surface area (Å²) < 4.78 is 10.8. The molecule has 1 saturated heterocycles. The Hall–Kier alpha value is -0.840. The first-order chi connectivity index (χ1) is 8.66. The summed E-state index contributed by atoms with van der Waals surface area (Å²) in [5.74, 6) is 1.02. The molecule has 4 nitrogen and oxygen atoms in total. The van der Waals surface area contributed by atoms with E-state index in [0.717, 1.165) is 38.5 Å². The highest BCUT2D eigenvalue weighted by molar-refractivity contribution is 5.15. The molecule has 1 fully saturated rings. The van der Waals surface area contributed by atoms with Gasteiger partial charge >= 0.3 is 0 Å². The van der Waals surface area contributed by atoms with Crippen molar-refractivity contribution < 1.29 is 9.15 Å². The lowest BCUT2D eigenvalue weighted by Gasteiger charge is -2.31. The van der Waals surface area contributed by atoms with Crippen molar-refractivity contribution in [1.82, 2.24) is 10.2 Å². The number of furan rings is 1. The average Bonchev–Trinajstić information content (AvgIpc) is 2.76. The van der Waals surface area contributed by atoms with Gasteiger partial charge in [-0.05, 0) is 33.4 Å². The van der Waals surface area contributed by atoms with E-state index in [1.807, 2.05) is 6.92 Å². The van der Waals surface area contributed by atoms with Gasteiger partial charge in [-0.15, -0.1) is 0 Å². The molecule has 18 heavy (non-hydrogen) atoms. The Labute approximate surface area is 109 Å². The first-order valence-electron chi connectivity index (χ1n) is 6.71. The lowest BCUT2D eigenvalue weighted by atomic mass is 10.1. The molecule has 0 amide bonds. The predicted molar refractivity (Wildman–Crippen MR) is 71.6 cm³/mol. The van der Waals surface area contributed by atoms with Crippen LogP contribution in [-0.4, -0.2) is 43.8 Å². The Morgan fingerprint density at radius 2 is 2.39 bits per heavy atom. The maximum absolute atomic E-state index is 5.49. The molecule has 2 rings (SSSR count). The van der Waals surface area contributed by atoms with Gasteiger partial charge in [0.25, 0.3) is 0 Å². The summed E-state index contributed by atoms with van der Waals surface area (Å²) in [7, 11) is 2.17. The van der Waals surface area contributed by atoms with Gasteiger partial charge in [0.05, 0.1) is 19.5 Å². The van der Waals surface area contributed by atoms with Crippen molar-refractivity contribution in [3.63, 3.8) is 0 Å². The summed E-state index contributed by atoms with van der Waals surface area (Å²) in [6, 6.07) is 3.07. The number of rotatable bonds is 5. The van der Waals surface area contributed by atoms with E-state index in [4.69, 9.17) is 9.15 Å². The van der Waals surface area contributed by atoms with E-state index in [2.05, 4.69) is 30.3 Å². The monoisotopic (exact) mass is 252 g/mol. The summed E-state index contributed by atoms with van der Waals surface area (Å²) in [5, 5.41) is 3.50. The molecular formula is C14H24N2O2. The number of nitrogens with one attached hydrogen (secondary N) is 1. The first-order valence-corrected chi connectivity index (χ1v) is 6.71. The molecule has 2 heterocycles. The first kappa shape index (κ1) is 13.6. The van der Waals surface area contributed by atoms with Crippen LogP contribution in [0.4, 0.5) is 0 Å². The molecule has 0 spiro atoms. The number of aryl methyl sites for hydroxylation is 1. The number of hydrogen-bond donors (Lipinski definition) is 1. The van der Waals surface area contributed by atoms with E-state index in [1.165, 1.54) is 5.56 Å². The van der Waals surface area contributed by atoms with E-state index in [9.17, 15) is 0 Å². The van der Waals surface area contributed by atoms with Crippen LogP contribution in [0.3, 0.4) is 0 Å². The van der Waals surface area contributed by atoms with Gasteiger partial charge in [-0.2, -0.15) is 0 Å². The molecule has 1 N–H and O–H groups in total. The summed E-state index contributed by atoms with van der Waals surface area (Å²) in [4.78, 5) is 2.37. The molecule has 1 aromatic rings. The fourth-order valence-corrected chi connectivity index (χ4v) is 2.36. The van der Waals surface area contributed by atoms with Gasteiger partial charge in [-0.25, -0.2) is 0 Å². The van der Waals surface area contributed by atoms with Crippen molar-refractivity contribution >= 4 is 0 Å². The highest BCUT2D eigenvalue weighted by Gasteiger charge is 2.19. The van der Waals surface area contributed by atoms with Crippen molar-refractivity contribution in [2.45, 2.75) is 38.9 Å². The third-order valence-corrected chi connectivity index (χ3v) is 3.76. The molecule has 2 atom stereocenters. The summed E-state index contributed by atoms with van der Waals surface area (Å²) in [5.41, 5.74) is 1.28. The molecular weight excluding hydrogens is 228 g/mol. The minimum atomic E-state index is 0.488. The van der Waals surface area contributed by atoms with Gasteiger partial charge in [-0.1, -0.05) is 0 Å². The molecule has 0 aliphatic carbocycles. The second-order valence-corrected chi connectivity index (χ2v) is 5.23. The Morgan fingerprint density at radius 1 is 1.56 bits per heavy atom. The van der Waals surface area contributed by atoms with Crippen molar-refractivity contribution in [3.05, 3.63) is 23.7 Å². The SMILES string of the molecule is Cc1occc1CN(C)C(C)CC1COCCN1. The number of ether oxygens (including phenoxy) is 1. The standard InChI is InChI=1S/C14H24N2O2/c1-11(8-14-10-17-7-5-15-14)16(3)9-13-4-6-18-12(13)2/h4,6,11,14-15H,5,7-10H2,1-3H3. The maximum Gasteiger partial charge on any atom is 0.105 e. The molecule has 1 aliphatic heterocycles. The zero-order valence-electron chi connectivity index (χ0n) is 11.6. The minimum absolute atomic E-state index is 0.488. The van der Waals surface area contributed by atoms with Gasteiger partial charge in [0.2, 0.25) is 0 Å².